The van der Waals surface area contributed by atoms with Gasteiger partial charge in [0.2, 0.25) is 0 Å². The predicted molar refractivity (Wildman–Crippen MR) is 126 cm³/mol. The van der Waals surface area contributed by atoms with Gasteiger partial charge < -0.3 is 0 Å². The molecule has 0 aliphatic rings. The highest BCUT2D eigenvalue weighted by Crippen LogP contribution is 2.19. The number of hydrogen-bond acceptors (Lipinski definition) is 3. The van der Waals surface area contributed by atoms with Gasteiger partial charge in [-0.05, 0) is 29.8 Å². The third-order valence-electron chi connectivity index (χ3n) is 4.42. The van der Waals surface area contributed by atoms with Crippen LogP contribution in [0.15, 0.2) is 132 Å². The molecule has 0 aliphatic heterocycles. The molecule has 0 fully saturated rings. The molecule has 0 saturated heterocycles. The summed E-state index contributed by atoms with van der Waals surface area (Å²) in [6.45, 7) is 0. The number of anilines is 2. The van der Waals surface area contributed by atoms with E-state index < -0.39 is 0 Å². The quantitative estimate of drug-likeness (QED) is 0.249. The molecule has 1 N–H and O–H groups in total. The van der Waals surface area contributed by atoms with Gasteiger partial charge in [0.1, 0.15) is 0 Å². The Morgan fingerprint density at radius 3 is 1.80 bits per heavy atom. The number of hydrogen-bond donors (Lipinski definition) is 1. The van der Waals surface area contributed by atoms with Gasteiger partial charge in [0, 0.05) is 5.56 Å². The van der Waals surface area contributed by atoms with Gasteiger partial charge in [0.05, 0.1) is 17.6 Å². The van der Waals surface area contributed by atoms with Gasteiger partial charge in [-0.25, -0.2) is 5.01 Å². The summed E-state index contributed by atoms with van der Waals surface area (Å²) in [4.78, 5) is 0. The maximum absolute atomic E-state index is 4.79. The van der Waals surface area contributed by atoms with Crippen molar-refractivity contribution in [2.45, 2.75) is 0 Å². The van der Waals surface area contributed by atoms with Gasteiger partial charge in [-0.15, -0.1) is 0 Å². The van der Waals surface area contributed by atoms with Crippen molar-refractivity contribution < 1.29 is 0 Å². The highest BCUT2D eigenvalue weighted by Gasteiger charge is 2.15. The summed E-state index contributed by atoms with van der Waals surface area (Å²) in [5.41, 5.74) is 6.96. The second-order valence-corrected chi connectivity index (χ2v) is 6.58. The van der Waals surface area contributed by atoms with Crippen LogP contribution in [0.25, 0.3) is 0 Å². The third-order valence-corrected chi connectivity index (χ3v) is 4.42. The molecule has 0 heterocycles. The molecule has 0 atom stereocenters. The summed E-state index contributed by atoms with van der Waals surface area (Å²) in [6.07, 6.45) is 1.84. The molecule has 0 saturated carbocycles. The van der Waals surface area contributed by atoms with Crippen LogP contribution in [0, 0.1) is 0 Å². The second kappa shape index (κ2) is 9.85. The maximum Gasteiger partial charge on any atom is 0.181 e. The van der Waals surface area contributed by atoms with E-state index >= 15 is 0 Å². The maximum atomic E-state index is 4.79. The summed E-state index contributed by atoms with van der Waals surface area (Å²) < 4.78 is 0. The lowest BCUT2D eigenvalue weighted by molar-refractivity contribution is 1.11. The average molecular weight is 390 g/mol. The number of amidine groups is 1. The van der Waals surface area contributed by atoms with Crippen LogP contribution in [0.3, 0.4) is 0 Å². The lowest BCUT2D eigenvalue weighted by Gasteiger charge is -2.21. The van der Waals surface area contributed by atoms with Crippen molar-refractivity contribution in [1.82, 2.24) is 0 Å². The summed E-state index contributed by atoms with van der Waals surface area (Å²) >= 11 is 0. The van der Waals surface area contributed by atoms with Crippen molar-refractivity contribution in [3.8, 4) is 0 Å². The summed E-state index contributed by atoms with van der Waals surface area (Å²) in [6, 6.07) is 40.0. The molecule has 4 aromatic rings. The van der Waals surface area contributed by atoms with Crippen LogP contribution in [0.5, 0.6) is 0 Å². The number of benzene rings is 4. The Bertz CT molecular complexity index is 1090. The molecule has 4 nitrogen and oxygen atoms in total. The molecule has 4 rings (SSSR count). The standard InChI is InChI=1S/C26H22N4/c1-5-13-22(14-6-1)21-27-30(25-19-11-4-12-20-25)26(23-15-7-2-8-16-23)29-28-24-17-9-3-10-18-24/h1-21,28H/b27-21+,29-26+. The summed E-state index contributed by atoms with van der Waals surface area (Å²) in [5.74, 6) is 0.692. The number of rotatable bonds is 6. The van der Waals surface area contributed by atoms with E-state index in [-0.39, 0.29) is 0 Å². The van der Waals surface area contributed by atoms with Crippen LogP contribution < -0.4 is 10.4 Å². The number of para-hydroxylation sites is 2. The Kier molecular flexibility index (Phi) is 6.28. The number of hydrazone groups is 2. The van der Waals surface area contributed by atoms with Crippen LogP contribution in [0.1, 0.15) is 11.1 Å². The second-order valence-electron chi connectivity index (χ2n) is 6.58. The van der Waals surface area contributed by atoms with E-state index in [4.69, 9.17) is 10.2 Å². The van der Waals surface area contributed by atoms with E-state index in [9.17, 15) is 0 Å². The third kappa shape index (κ3) is 5.00. The molecule has 0 unspecified atom stereocenters. The van der Waals surface area contributed by atoms with Crippen LogP contribution in [-0.2, 0) is 0 Å². The summed E-state index contributed by atoms with van der Waals surface area (Å²) in [7, 11) is 0. The Morgan fingerprint density at radius 1 is 0.633 bits per heavy atom. The summed E-state index contributed by atoms with van der Waals surface area (Å²) in [5, 5.41) is 11.4. The number of nitrogens with zero attached hydrogens (tertiary/aromatic N) is 3. The fourth-order valence-corrected chi connectivity index (χ4v) is 2.93. The molecule has 30 heavy (non-hydrogen) atoms. The van der Waals surface area contributed by atoms with E-state index in [1.54, 1.807) is 0 Å². The van der Waals surface area contributed by atoms with Gasteiger partial charge >= 0.3 is 0 Å². The zero-order valence-electron chi connectivity index (χ0n) is 16.5. The minimum Gasteiger partial charge on any atom is -0.276 e. The van der Waals surface area contributed by atoms with Gasteiger partial charge in [-0.1, -0.05) is 97.1 Å². The molecule has 0 radical (unpaired) electrons. The largest absolute Gasteiger partial charge is 0.276 e. The van der Waals surface area contributed by atoms with E-state index in [1.165, 1.54) is 0 Å². The Hall–Kier alpha value is -4.18. The zero-order chi connectivity index (χ0) is 20.4. The van der Waals surface area contributed by atoms with Gasteiger partial charge in [-0.3, -0.25) is 5.43 Å². The molecule has 4 aromatic carbocycles. The number of nitrogens with one attached hydrogen (secondary N) is 1. The first-order chi connectivity index (χ1) is 14.9. The van der Waals surface area contributed by atoms with Crippen molar-refractivity contribution in [3.05, 3.63) is 132 Å². The smallest absolute Gasteiger partial charge is 0.181 e. The molecular weight excluding hydrogens is 368 g/mol. The Morgan fingerprint density at radius 2 is 1.17 bits per heavy atom. The predicted octanol–water partition coefficient (Wildman–Crippen LogP) is 6.00. The van der Waals surface area contributed by atoms with Gasteiger partial charge in [0.25, 0.3) is 0 Å². The van der Waals surface area contributed by atoms with E-state index in [1.807, 2.05) is 133 Å². The van der Waals surface area contributed by atoms with Crippen LogP contribution in [-0.4, -0.2) is 12.1 Å². The minimum absolute atomic E-state index is 0.692. The van der Waals surface area contributed by atoms with Crippen LogP contribution >= 0.6 is 0 Å². The molecule has 0 spiro atoms. The van der Waals surface area contributed by atoms with Crippen LogP contribution in [0.4, 0.5) is 11.4 Å². The average Bonchev–Trinajstić information content (AvgIpc) is 2.83. The molecule has 0 bridgehead atoms. The van der Waals surface area contributed by atoms with E-state index in [0.717, 1.165) is 22.5 Å². The SMILES string of the molecule is C(=N\N(/C(=N/Nc1ccccc1)c1ccccc1)c1ccccc1)/c1ccccc1. The van der Waals surface area contributed by atoms with Gasteiger partial charge in [-0.2, -0.15) is 10.2 Å². The Labute approximate surface area is 176 Å². The van der Waals surface area contributed by atoms with Crippen molar-refractivity contribution in [1.29, 1.82) is 0 Å². The molecule has 146 valence electrons. The molecular formula is C26H22N4. The first kappa shape index (κ1) is 19.2. The van der Waals surface area contributed by atoms with Crippen molar-refractivity contribution in [2.75, 3.05) is 10.4 Å². The van der Waals surface area contributed by atoms with Gasteiger partial charge in [0.15, 0.2) is 5.84 Å². The van der Waals surface area contributed by atoms with E-state index in [2.05, 4.69) is 5.43 Å². The van der Waals surface area contributed by atoms with Crippen LogP contribution in [0.2, 0.25) is 0 Å². The Balaban J connectivity index is 1.77. The normalized spacial score (nSPS) is 11.4. The topological polar surface area (TPSA) is 40.0 Å². The van der Waals surface area contributed by atoms with Crippen molar-refractivity contribution in [3.63, 3.8) is 0 Å². The van der Waals surface area contributed by atoms with Crippen molar-refractivity contribution >= 4 is 23.4 Å². The molecule has 0 aliphatic carbocycles. The highest BCUT2D eigenvalue weighted by molar-refractivity contribution is 6.10. The lowest BCUT2D eigenvalue weighted by atomic mass is 10.2. The zero-order valence-corrected chi connectivity index (χ0v) is 16.5. The first-order valence-corrected chi connectivity index (χ1v) is 9.78. The minimum atomic E-state index is 0.692. The fourth-order valence-electron chi connectivity index (χ4n) is 2.93. The van der Waals surface area contributed by atoms with Crippen molar-refractivity contribution in [2.24, 2.45) is 10.2 Å². The monoisotopic (exact) mass is 390 g/mol. The fraction of sp³-hybridized carbons (Fsp3) is 0. The molecule has 0 amide bonds. The molecule has 0 aromatic heterocycles. The first-order valence-electron chi connectivity index (χ1n) is 9.78. The van der Waals surface area contributed by atoms with E-state index in [0.29, 0.717) is 5.84 Å². The molecule has 4 heteroatoms. The lowest BCUT2D eigenvalue weighted by Crippen LogP contribution is -2.28. The highest BCUT2D eigenvalue weighted by atomic mass is 15.5.